The molecule has 0 unspecified atom stereocenters. The van der Waals surface area contributed by atoms with Gasteiger partial charge >= 0.3 is 0 Å². The van der Waals surface area contributed by atoms with E-state index < -0.39 is 0 Å². The molecule has 0 saturated carbocycles. The molecular weight excluding hydrogens is 432 g/mol. The Hall–Kier alpha value is -3.81. The Balaban J connectivity index is 1.19. The Morgan fingerprint density at radius 1 is 1.06 bits per heavy atom. The Kier molecular flexibility index (Phi) is 7.47. The van der Waals surface area contributed by atoms with Crippen molar-refractivity contribution in [3.05, 3.63) is 65.9 Å². The highest BCUT2D eigenvalue weighted by atomic mass is 16.5. The quantitative estimate of drug-likeness (QED) is 0.479. The first-order valence-electron chi connectivity index (χ1n) is 11.6. The maximum absolute atomic E-state index is 12.6. The Morgan fingerprint density at radius 2 is 1.82 bits per heavy atom. The van der Waals surface area contributed by atoms with Crippen LogP contribution >= 0.6 is 0 Å². The lowest BCUT2D eigenvalue weighted by atomic mass is 9.95. The van der Waals surface area contributed by atoms with Gasteiger partial charge in [-0.15, -0.1) is 0 Å². The van der Waals surface area contributed by atoms with Crippen molar-refractivity contribution < 1.29 is 19.1 Å². The third-order valence-corrected chi connectivity index (χ3v) is 6.32. The number of aromatic amines is 1. The average Bonchev–Trinajstić information content (AvgIpc) is 3.29. The SMILES string of the molecule is COc1ccc2[nH]cc(CCNC(=O)C3CCN(C(=O)CNC(=O)c4ccccc4)CC3)c2c1. The van der Waals surface area contributed by atoms with Gasteiger partial charge in [0.25, 0.3) is 5.91 Å². The number of nitrogens with zero attached hydrogens (tertiary/aromatic N) is 1. The van der Waals surface area contributed by atoms with Crippen molar-refractivity contribution in [1.82, 2.24) is 20.5 Å². The molecule has 0 aliphatic carbocycles. The lowest BCUT2D eigenvalue weighted by Gasteiger charge is -2.31. The van der Waals surface area contributed by atoms with Crippen LogP contribution in [-0.2, 0) is 16.0 Å². The molecule has 178 valence electrons. The summed E-state index contributed by atoms with van der Waals surface area (Å²) < 4.78 is 5.31. The Bertz CT molecular complexity index is 1150. The van der Waals surface area contributed by atoms with Gasteiger partial charge in [-0.05, 0) is 55.2 Å². The molecule has 1 aliphatic rings. The molecule has 1 aliphatic heterocycles. The van der Waals surface area contributed by atoms with E-state index >= 15 is 0 Å². The minimum absolute atomic E-state index is 0.0295. The zero-order chi connectivity index (χ0) is 23.9. The van der Waals surface area contributed by atoms with Gasteiger partial charge in [-0.2, -0.15) is 0 Å². The number of aromatic nitrogens is 1. The van der Waals surface area contributed by atoms with Crippen molar-refractivity contribution in [2.45, 2.75) is 19.3 Å². The van der Waals surface area contributed by atoms with Crippen LogP contribution in [0.5, 0.6) is 5.75 Å². The molecule has 3 N–H and O–H groups in total. The zero-order valence-electron chi connectivity index (χ0n) is 19.3. The standard InChI is InChI=1S/C26H30N4O4/c1-34-21-7-8-23-22(15-21)20(16-28-23)9-12-27-25(32)19-10-13-30(14-11-19)24(31)17-29-26(33)18-5-3-2-4-6-18/h2-8,15-16,19,28H,9-14,17H2,1H3,(H,27,32)(H,29,33). The predicted molar refractivity (Wildman–Crippen MR) is 130 cm³/mol. The molecule has 0 atom stereocenters. The van der Waals surface area contributed by atoms with E-state index in [-0.39, 0.29) is 30.2 Å². The second-order valence-electron chi connectivity index (χ2n) is 8.47. The monoisotopic (exact) mass is 462 g/mol. The molecule has 1 aromatic heterocycles. The molecule has 3 amide bonds. The van der Waals surface area contributed by atoms with Crippen molar-refractivity contribution in [3.8, 4) is 5.75 Å². The number of nitrogens with one attached hydrogen (secondary N) is 3. The van der Waals surface area contributed by atoms with Crippen LogP contribution in [0.25, 0.3) is 10.9 Å². The third-order valence-electron chi connectivity index (χ3n) is 6.32. The van der Waals surface area contributed by atoms with E-state index in [1.807, 2.05) is 30.5 Å². The van der Waals surface area contributed by atoms with Crippen molar-refractivity contribution >= 4 is 28.6 Å². The van der Waals surface area contributed by atoms with Gasteiger partial charge < -0.3 is 25.3 Å². The molecule has 8 heteroatoms. The first kappa shape index (κ1) is 23.4. The number of carbonyl (C=O) groups excluding carboxylic acids is 3. The highest BCUT2D eigenvalue weighted by Gasteiger charge is 2.27. The van der Waals surface area contributed by atoms with Crippen molar-refractivity contribution in [1.29, 1.82) is 0 Å². The van der Waals surface area contributed by atoms with Gasteiger partial charge in [-0.25, -0.2) is 0 Å². The first-order valence-corrected chi connectivity index (χ1v) is 11.6. The van der Waals surface area contributed by atoms with Crippen molar-refractivity contribution in [2.24, 2.45) is 5.92 Å². The molecule has 8 nitrogen and oxygen atoms in total. The fraction of sp³-hybridized carbons (Fsp3) is 0.346. The van der Waals surface area contributed by atoms with Crippen LogP contribution < -0.4 is 15.4 Å². The number of hydrogen-bond acceptors (Lipinski definition) is 4. The molecule has 34 heavy (non-hydrogen) atoms. The lowest BCUT2D eigenvalue weighted by Crippen LogP contribution is -2.46. The number of piperidine rings is 1. The predicted octanol–water partition coefficient (Wildman–Crippen LogP) is 2.50. The minimum atomic E-state index is -0.267. The summed E-state index contributed by atoms with van der Waals surface area (Å²) in [5, 5.41) is 6.81. The van der Waals surface area contributed by atoms with Crippen molar-refractivity contribution in [3.63, 3.8) is 0 Å². The molecule has 4 rings (SSSR count). The maximum atomic E-state index is 12.6. The van der Waals surface area contributed by atoms with Crippen LogP contribution in [0.2, 0.25) is 0 Å². The summed E-state index contributed by atoms with van der Waals surface area (Å²) in [6, 6.07) is 14.7. The van der Waals surface area contributed by atoms with Crippen LogP contribution in [0.15, 0.2) is 54.7 Å². The molecule has 1 fully saturated rings. The highest BCUT2D eigenvalue weighted by Crippen LogP contribution is 2.24. The summed E-state index contributed by atoms with van der Waals surface area (Å²) in [6.07, 6.45) is 3.93. The summed E-state index contributed by atoms with van der Waals surface area (Å²) in [6.45, 7) is 1.54. The number of fused-ring (bicyclic) bond motifs is 1. The fourth-order valence-electron chi connectivity index (χ4n) is 4.31. The maximum Gasteiger partial charge on any atom is 0.251 e. The van der Waals surface area contributed by atoms with E-state index in [0.29, 0.717) is 38.0 Å². The van der Waals surface area contributed by atoms with Crippen molar-refractivity contribution in [2.75, 3.05) is 33.3 Å². The molecule has 0 bridgehead atoms. The second-order valence-corrected chi connectivity index (χ2v) is 8.47. The number of hydrogen-bond donors (Lipinski definition) is 3. The van der Waals surface area contributed by atoms with E-state index in [4.69, 9.17) is 4.74 Å². The van der Waals surface area contributed by atoms with E-state index in [1.165, 1.54) is 0 Å². The molecule has 3 aromatic rings. The number of amides is 3. The van der Waals surface area contributed by atoms with Crippen LogP contribution in [0, 0.1) is 5.92 Å². The molecular formula is C26H30N4O4. The number of likely N-dealkylation sites (tertiary alicyclic amines) is 1. The highest BCUT2D eigenvalue weighted by molar-refractivity contribution is 5.96. The minimum Gasteiger partial charge on any atom is -0.497 e. The largest absolute Gasteiger partial charge is 0.497 e. The van der Waals surface area contributed by atoms with Gasteiger partial charge in [0.05, 0.1) is 13.7 Å². The number of benzene rings is 2. The number of rotatable bonds is 8. The zero-order valence-corrected chi connectivity index (χ0v) is 19.3. The number of ether oxygens (including phenoxy) is 1. The van der Waals surface area contributed by atoms with Gasteiger partial charge in [0.1, 0.15) is 5.75 Å². The van der Waals surface area contributed by atoms with E-state index in [0.717, 1.165) is 28.6 Å². The molecule has 0 radical (unpaired) electrons. The van der Waals surface area contributed by atoms with E-state index in [9.17, 15) is 14.4 Å². The second kappa shape index (κ2) is 10.9. The summed E-state index contributed by atoms with van der Waals surface area (Å²) in [5.74, 6) is 0.334. The van der Waals surface area contributed by atoms with E-state index in [1.54, 1.807) is 36.3 Å². The molecule has 1 saturated heterocycles. The van der Waals surface area contributed by atoms with Crippen LogP contribution in [-0.4, -0.2) is 60.9 Å². The molecule has 2 heterocycles. The Labute approximate surface area is 198 Å². The summed E-state index contributed by atoms with van der Waals surface area (Å²) in [4.78, 5) is 42.2. The van der Waals surface area contributed by atoms with Gasteiger partial charge in [-0.1, -0.05) is 18.2 Å². The van der Waals surface area contributed by atoms with Crippen LogP contribution in [0.1, 0.15) is 28.8 Å². The first-order chi connectivity index (χ1) is 16.5. The van der Waals surface area contributed by atoms with Gasteiger partial charge in [0.15, 0.2) is 0 Å². The Morgan fingerprint density at radius 3 is 2.56 bits per heavy atom. The number of carbonyl (C=O) groups is 3. The fourth-order valence-corrected chi connectivity index (χ4v) is 4.31. The number of methoxy groups -OCH3 is 1. The summed E-state index contributed by atoms with van der Waals surface area (Å²) in [5.41, 5.74) is 2.70. The average molecular weight is 463 g/mol. The molecule has 0 spiro atoms. The van der Waals surface area contributed by atoms with Gasteiger partial charge in [0, 0.05) is 48.2 Å². The summed E-state index contributed by atoms with van der Waals surface area (Å²) in [7, 11) is 1.65. The van der Waals surface area contributed by atoms with Gasteiger partial charge in [0.2, 0.25) is 11.8 Å². The molecule has 2 aromatic carbocycles. The van der Waals surface area contributed by atoms with Crippen LogP contribution in [0.4, 0.5) is 0 Å². The topological polar surface area (TPSA) is 104 Å². The lowest BCUT2D eigenvalue weighted by molar-refractivity contribution is -0.134. The normalized spacial score (nSPS) is 14.1. The summed E-state index contributed by atoms with van der Waals surface area (Å²) >= 11 is 0. The third kappa shape index (κ3) is 5.57. The number of H-pyrrole nitrogens is 1. The van der Waals surface area contributed by atoms with E-state index in [2.05, 4.69) is 15.6 Å². The smallest absolute Gasteiger partial charge is 0.251 e. The van der Waals surface area contributed by atoms with Crippen LogP contribution in [0.3, 0.4) is 0 Å². The van der Waals surface area contributed by atoms with Gasteiger partial charge in [-0.3, -0.25) is 14.4 Å².